The number of benzene rings is 3. The maximum Gasteiger partial charge on any atom is 0.251 e. The molecule has 4 rings (SSSR count). The van der Waals surface area contributed by atoms with Crippen LogP contribution in [0.15, 0.2) is 78.9 Å². The van der Waals surface area contributed by atoms with Gasteiger partial charge in [0.1, 0.15) is 16.8 Å². The third-order valence-corrected chi connectivity index (χ3v) is 6.67. The molecule has 2 amide bonds. The van der Waals surface area contributed by atoms with E-state index in [1.807, 2.05) is 42.5 Å². The van der Waals surface area contributed by atoms with Crippen molar-refractivity contribution in [1.29, 1.82) is 0 Å². The zero-order valence-electron chi connectivity index (χ0n) is 20.3. The first-order valence-corrected chi connectivity index (χ1v) is 13.2. The van der Waals surface area contributed by atoms with E-state index in [2.05, 4.69) is 27.8 Å². The predicted octanol–water partition coefficient (Wildman–Crippen LogP) is 6.02. The third kappa shape index (κ3) is 7.62. The lowest BCUT2D eigenvalue weighted by molar-refractivity contribution is -0.118. The monoisotopic (exact) mass is 534 g/mol. The molecule has 0 bridgehead atoms. The Bertz CT molecular complexity index is 1310. The number of anilines is 1. The van der Waals surface area contributed by atoms with Gasteiger partial charge in [-0.3, -0.25) is 14.9 Å². The molecule has 0 aliphatic carbocycles. The minimum atomic E-state index is -0.821. The van der Waals surface area contributed by atoms with Crippen LogP contribution in [0.5, 0.6) is 5.75 Å². The topological polar surface area (TPSA) is 93.2 Å². The molecule has 190 valence electrons. The number of ether oxygens (including phenoxy) is 1. The SMILES string of the molecule is CCCCOc1ccc(C(=O)NC(Cc2ccccc2)C(=O)Nc2nnc(-c3ccc(Cl)cc3)s2)cc1. The summed E-state index contributed by atoms with van der Waals surface area (Å²) in [5.41, 5.74) is 2.20. The highest BCUT2D eigenvalue weighted by Crippen LogP contribution is 2.27. The summed E-state index contributed by atoms with van der Waals surface area (Å²) < 4.78 is 5.67. The molecular weight excluding hydrogens is 508 g/mol. The summed E-state index contributed by atoms with van der Waals surface area (Å²) in [7, 11) is 0. The maximum atomic E-state index is 13.3. The molecule has 1 unspecified atom stereocenters. The molecule has 1 atom stereocenters. The van der Waals surface area contributed by atoms with Gasteiger partial charge in [-0.1, -0.05) is 78.7 Å². The van der Waals surface area contributed by atoms with Crippen LogP contribution in [0.2, 0.25) is 5.02 Å². The number of hydrogen-bond acceptors (Lipinski definition) is 6. The molecule has 0 aliphatic heterocycles. The first-order valence-electron chi connectivity index (χ1n) is 12.0. The van der Waals surface area contributed by atoms with Gasteiger partial charge in [0.05, 0.1) is 6.61 Å². The molecule has 0 saturated heterocycles. The molecule has 1 heterocycles. The predicted molar refractivity (Wildman–Crippen MR) is 147 cm³/mol. The summed E-state index contributed by atoms with van der Waals surface area (Å²) in [5.74, 6) is -0.0258. The van der Waals surface area contributed by atoms with Gasteiger partial charge in [0.25, 0.3) is 5.91 Å². The van der Waals surface area contributed by atoms with Gasteiger partial charge >= 0.3 is 0 Å². The average molecular weight is 535 g/mol. The first kappa shape index (κ1) is 26.3. The molecule has 37 heavy (non-hydrogen) atoms. The fraction of sp³-hybridized carbons (Fsp3) is 0.214. The van der Waals surface area contributed by atoms with Gasteiger partial charge in [-0.2, -0.15) is 0 Å². The Morgan fingerprint density at radius 1 is 0.973 bits per heavy atom. The molecule has 2 N–H and O–H groups in total. The number of nitrogens with one attached hydrogen (secondary N) is 2. The van der Waals surface area contributed by atoms with Crippen LogP contribution in [-0.2, 0) is 11.2 Å². The summed E-state index contributed by atoms with van der Waals surface area (Å²) >= 11 is 7.21. The van der Waals surface area contributed by atoms with Gasteiger partial charge in [0, 0.05) is 22.6 Å². The van der Waals surface area contributed by atoms with Gasteiger partial charge in [0.15, 0.2) is 0 Å². The molecule has 0 spiro atoms. The van der Waals surface area contributed by atoms with Crippen LogP contribution in [-0.4, -0.2) is 34.7 Å². The lowest BCUT2D eigenvalue weighted by Crippen LogP contribution is -2.45. The Morgan fingerprint density at radius 3 is 2.41 bits per heavy atom. The molecule has 9 heteroatoms. The van der Waals surface area contributed by atoms with Crippen LogP contribution >= 0.6 is 22.9 Å². The van der Waals surface area contributed by atoms with E-state index < -0.39 is 6.04 Å². The van der Waals surface area contributed by atoms with Gasteiger partial charge < -0.3 is 10.1 Å². The number of carbonyl (C=O) groups excluding carboxylic acids is 2. The third-order valence-electron chi connectivity index (χ3n) is 5.53. The van der Waals surface area contributed by atoms with Gasteiger partial charge in [-0.05, 0) is 48.4 Å². The van der Waals surface area contributed by atoms with Crippen molar-refractivity contribution in [2.24, 2.45) is 0 Å². The smallest absolute Gasteiger partial charge is 0.251 e. The zero-order chi connectivity index (χ0) is 26.0. The van der Waals surface area contributed by atoms with E-state index in [0.29, 0.717) is 39.5 Å². The van der Waals surface area contributed by atoms with Crippen molar-refractivity contribution in [1.82, 2.24) is 15.5 Å². The van der Waals surface area contributed by atoms with E-state index in [1.165, 1.54) is 11.3 Å². The van der Waals surface area contributed by atoms with E-state index in [1.54, 1.807) is 36.4 Å². The number of aromatic nitrogens is 2. The Morgan fingerprint density at radius 2 is 1.70 bits per heavy atom. The summed E-state index contributed by atoms with van der Waals surface area (Å²) in [6.45, 7) is 2.73. The highest BCUT2D eigenvalue weighted by atomic mass is 35.5. The molecule has 0 aliphatic rings. The highest BCUT2D eigenvalue weighted by molar-refractivity contribution is 7.18. The Hall–Kier alpha value is -3.75. The Labute approximate surface area is 224 Å². The van der Waals surface area contributed by atoms with Crippen LogP contribution in [0, 0.1) is 0 Å². The van der Waals surface area contributed by atoms with Crippen molar-refractivity contribution in [3.8, 4) is 16.3 Å². The first-order chi connectivity index (χ1) is 18.0. The van der Waals surface area contributed by atoms with E-state index in [4.69, 9.17) is 16.3 Å². The summed E-state index contributed by atoms with van der Waals surface area (Å²) in [5, 5.41) is 15.6. The van der Waals surface area contributed by atoms with E-state index in [0.717, 1.165) is 24.0 Å². The Balaban J connectivity index is 1.45. The molecule has 0 radical (unpaired) electrons. The molecule has 0 saturated carbocycles. The van der Waals surface area contributed by atoms with Crippen molar-refractivity contribution >= 4 is 39.9 Å². The van der Waals surface area contributed by atoms with Crippen LogP contribution in [0.4, 0.5) is 5.13 Å². The minimum absolute atomic E-state index is 0.319. The number of halogens is 1. The van der Waals surface area contributed by atoms with E-state index in [-0.39, 0.29) is 11.8 Å². The number of hydrogen-bond donors (Lipinski definition) is 2. The molecule has 7 nitrogen and oxygen atoms in total. The minimum Gasteiger partial charge on any atom is -0.494 e. The largest absolute Gasteiger partial charge is 0.494 e. The molecule has 1 aromatic heterocycles. The van der Waals surface area contributed by atoms with E-state index >= 15 is 0 Å². The molecule has 4 aromatic rings. The van der Waals surface area contributed by atoms with Crippen molar-refractivity contribution < 1.29 is 14.3 Å². The number of rotatable bonds is 11. The lowest BCUT2D eigenvalue weighted by atomic mass is 10.0. The molecular formula is C28H27ClN4O3S. The number of amides is 2. The summed E-state index contributed by atoms with van der Waals surface area (Å²) in [4.78, 5) is 26.3. The number of unbranched alkanes of at least 4 members (excludes halogenated alkanes) is 1. The van der Waals surface area contributed by atoms with Crippen molar-refractivity contribution in [3.63, 3.8) is 0 Å². The van der Waals surface area contributed by atoms with Crippen LogP contribution < -0.4 is 15.4 Å². The van der Waals surface area contributed by atoms with Crippen molar-refractivity contribution in [3.05, 3.63) is 95.0 Å². The van der Waals surface area contributed by atoms with Crippen LogP contribution in [0.25, 0.3) is 10.6 Å². The van der Waals surface area contributed by atoms with Gasteiger partial charge in [-0.25, -0.2) is 0 Å². The normalized spacial score (nSPS) is 11.5. The second-order valence-corrected chi connectivity index (χ2v) is 9.76. The van der Waals surface area contributed by atoms with Crippen molar-refractivity contribution in [2.75, 3.05) is 11.9 Å². The maximum absolute atomic E-state index is 13.3. The van der Waals surface area contributed by atoms with Crippen molar-refractivity contribution in [2.45, 2.75) is 32.2 Å². The number of carbonyl (C=O) groups is 2. The quantitative estimate of drug-likeness (QED) is 0.230. The molecule has 0 fully saturated rings. The number of nitrogens with zero attached hydrogens (tertiary/aromatic N) is 2. The average Bonchev–Trinajstić information content (AvgIpc) is 3.38. The van der Waals surface area contributed by atoms with Crippen LogP contribution in [0.3, 0.4) is 0 Å². The van der Waals surface area contributed by atoms with E-state index in [9.17, 15) is 9.59 Å². The highest BCUT2D eigenvalue weighted by Gasteiger charge is 2.23. The second kappa shape index (κ2) is 13.0. The van der Waals surface area contributed by atoms with Crippen LogP contribution in [0.1, 0.15) is 35.7 Å². The lowest BCUT2D eigenvalue weighted by Gasteiger charge is -2.18. The zero-order valence-corrected chi connectivity index (χ0v) is 21.9. The fourth-order valence-electron chi connectivity index (χ4n) is 3.51. The van der Waals surface area contributed by atoms with Gasteiger partial charge in [0.2, 0.25) is 11.0 Å². The Kier molecular flexibility index (Phi) is 9.24. The summed E-state index contributed by atoms with van der Waals surface area (Å²) in [6.07, 6.45) is 2.33. The summed E-state index contributed by atoms with van der Waals surface area (Å²) in [6, 6.07) is 22.8. The molecule has 3 aromatic carbocycles. The fourth-order valence-corrected chi connectivity index (χ4v) is 4.39. The van der Waals surface area contributed by atoms with Gasteiger partial charge in [-0.15, -0.1) is 10.2 Å². The standard InChI is InChI=1S/C28H27ClN4O3S/c1-2-3-17-36-23-15-11-20(12-16-23)25(34)30-24(18-19-7-5-4-6-8-19)26(35)31-28-33-32-27(37-28)21-9-13-22(29)14-10-21/h4-16,24H,2-3,17-18H2,1H3,(H,30,34)(H,31,33,35). The second-order valence-electron chi connectivity index (χ2n) is 8.35.